The summed E-state index contributed by atoms with van der Waals surface area (Å²) >= 11 is 0. The average Bonchev–Trinajstić information content (AvgIpc) is 3.07. The molecule has 2 aliphatic rings. The van der Waals surface area contributed by atoms with E-state index in [1.54, 1.807) is 0 Å². The molecule has 6 heteroatoms. The van der Waals surface area contributed by atoms with Crippen LogP contribution < -0.4 is 10.6 Å². The van der Waals surface area contributed by atoms with E-state index in [9.17, 15) is 9.59 Å². The number of likely N-dealkylation sites (tertiary alicyclic amines) is 1. The third-order valence-electron chi connectivity index (χ3n) is 8.13. The van der Waals surface area contributed by atoms with Crippen molar-refractivity contribution in [2.75, 3.05) is 39.3 Å². The largest absolute Gasteiger partial charge is 0.350 e. The highest BCUT2D eigenvalue weighted by Crippen LogP contribution is 2.18. The summed E-state index contributed by atoms with van der Waals surface area (Å²) in [6, 6.07) is 13.8. The van der Waals surface area contributed by atoms with E-state index < -0.39 is 0 Å². The molecule has 0 bridgehead atoms. The van der Waals surface area contributed by atoms with Gasteiger partial charge in [0.05, 0.1) is 6.04 Å². The Kier molecular flexibility index (Phi) is 9.76. The van der Waals surface area contributed by atoms with E-state index >= 15 is 0 Å². The van der Waals surface area contributed by atoms with Crippen molar-refractivity contribution < 1.29 is 9.59 Å². The lowest BCUT2D eigenvalue weighted by atomic mass is 10.0. The van der Waals surface area contributed by atoms with Crippen molar-refractivity contribution in [2.45, 2.75) is 70.9 Å². The van der Waals surface area contributed by atoms with Crippen molar-refractivity contribution in [1.82, 2.24) is 20.4 Å². The minimum atomic E-state index is -0.189. The fourth-order valence-electron chi connectivity index (χ4n) is 5.63. The number of nitrogens with one attached hydrogen (secondary N) is 2. The van der Waals surface area contributed by atoms with Crippen LogP contribution in [-0.2, 0) is 4.79 Å². The van der Waals surface area contributed by atoms with Crippen molar-refractivity contribution in [2.24, 2.45) is 5.92 Å². The predicted octanol–water partition coefficient (Wildman–Crippen LogP) is 4.44. The van der Waals surface area contributed by atoms with Gasteiger partial charge in [-0.25, -0.2) is 0 Å². The summed E-state index contributed by atoms with van der Waals surface area (Å²) in [5, 5.41) is 8.99. The van der Waals surface area contributed by atoms with Crippen LogP contribution in [0.5, 0.6) is 0 Å². The molecule has 0 aliphatic carbocycles. The first-order valence-corrected chi connectivity index (χ1v) is 14.1. The minimum Gasteiger partial charge on any atom is -0.350 e. The molecule has 2 aromatic rings. The van der Waals surface area contributed by atoms with Crippen LogP contribution in [0.1, 0.15) is 69.2 Å². The first-order chi connectivity index (χ1) is 17.6. The number of hydrogen-bond acceptors (Lipinski definition) is 4. The fourth-order valence-corrected chi connectivity index (χ4v) is 5.63. The van der Waals surface area contributed by atoms with Gasteiger partial charge in [0, 0.05) is 37.8 Å². The zero-order valence-electron chi connectivity index (χ0n) is 22.2. The van der Waals surface area contributed by atoms with Crippen LogP contribution in [-0.4, -0.2) is 73.0 Å². The van der Waals surface area contributed by atoms with Crippen molar-refractivity contribution >= 4 is 22.6 Å². The second kappa shape index (κ2) is 13.2. The molecule has 0 spiro atoms. The number of amides is 2. The zero-order valence-corrected chi connectivity index (χ0v) is 22.2. The van der Waals surface area contributed by atoms with Gasteiger partial charge in [-0.3, -0.25) is 9.59 Å². The highest BCUT2D eigenvalue weighted by atomic mass is 16.2. The molecule has 2 aromatic carbocycles. The lowest BCUT2D eigenvalue weighted by Gasteiger charge is -2.30. The van der Waals surface area contributed by atoms with Gasteiger partial charge in [-0.2, -0.15) is 0 Å². The van der Waals surface area contributed by atoms with Crippen molar-refractivity contribution in [1.29, 1.82) is 0 Å². The number of carbonyl (C=O) groups excluding carboxylic acids is 2. The summed E-state index contributed by atoms with van der Waals surface area (Å²) < 4.78 is 0. The van der Waals surface area contributed by atoms with Gasteiger partial charge in [-0.15, -0.1) is 0 Å². The molecule has 2 heterocycles. The van der Waals surface area contributed by atoms with Crippen LogP contribution >= 0.6 is 0 Å². The maximum absolute atomic E-state index is 13.6. The van der Waals surface area contributed by atoms with E-state index in [2.05, 4.69) is 40.3 Å². The Bertz CT molecular complexity index is 999. The standard InChI is InChI=1S/C30H44N4O2/c1-3-23(4-2)22-34-19-14-27(32-28(30(34)36)15-18-33-16-8-5-9-17-33)21-31-29(35)26-13-12-24-10-6-7-11-25(24)20-26/h6-7,10-13,20,23,27-28,32H,3-5,8-9,14-19,21-22H2,1-2H3,(H,31,35). The van der Waals surface area contributed by atoms with Crippen LogP contribution in [0.2, 0.25) is 0 Å². The van der Waals surface area contributed by atoms with E-state index in [0.29, 0.717) is 18.0 Å². The van der Waals surface area contributed by atoms with Crippen molar-refractivity contribution in [3.8, 4) is 0 Å². The summed E-state index contributed by atoms with van der Waals surface area (Å²) in [6.45, 7) is 9.79. The fraction of sp³-hybridized carbons (Fsp3) is 0.600. The molecule has 6 nitrogen and oxygen atoms in total. The van der Waals surface area contributed by atoms with Gasteiger partial charge in [-0.1, -0.05) is 63.4 Å². The van der Waals surface area contributed by atoms with Gasteiger partial charge in [0.1, 0.15) is 0 Å². The third kappa shape index (κ3) is 7.07. The van der Waals surface area contributed by atoms with Gasteiger partial charge in [0.15, 0.2) is 0 Å². The van der Waals surface area contributed by atoms with Crippen LogP contribution in [0, 0.1) is 5.92 Å². The molecule has 36 heavy (non-hydrogen) atoms. The summed E-state index contributed by atoms with van der Waals surface area (Å²) in [6.07, 6.45) is 7.71. The first-order valence-electron chi connectivity index (χ1n) is 14.1. The van der Waals surface area contributed by atoms with Gasteiger partial charge < -0.3 is 20.4 Å². The molecule has 2 saturated heterocycles. The molecule has 0 aromatic heterocycles. The molecule has 4 rings (SSSR count). The second-order valence-corrected chi connectivity index (χ2v) is 10.6. The predicted molar refractivity (Wildman–Crippen MR) is 147 cm³/mol. The molecule has 2 aliphatic heterocycles. The Labute approximate surface area is 216 Å². The number of carbonyl (C=O) groups is 2. The maximum atomic E-state index is 13.6. The van der Waals surface area contributed by atoms with Gasteiger partial charge in [-0.05, 0) is 67.6 Å². The zero-order chi connectivity index (χ0) is 25.3. The van der Waals surface area contributed by atoms with Gasteiger partial charge in [0.25, 0.3) is 5.91 Å². The monoisotopic (exact) mass is 492 g/mol. The quantitative estimate of drug-likeness (QED) is 0.515. The Morgan fingerprint density at radius 1 is 1.03 bits per heavy atom. The molecule has 0 saturated carbocycles. The van der Waals surface area contributed by atoms with E-state index in [1.807, 2.05) is 36.4 Å². The molecule has 0 radical (unpaired) electrons. The van der Waals surface area contributed by atoms with Crippen LogP contribution in [0.15, 0.2) is 42.5 Å². The Morgan fingerprint density at radius 3 is 2.53 bits per heavy atom. The average molecular weight is 493 g/mol. The smallest absolute Gasteiger partial charge is 0.251 e. The van der Waals surface area contributed by atoms with Crippen molar-refractivity contribution in [3.63, 3.8) is 0 Å². The number of piperidine rings is 1. The van der Waals surface area contributed by atoms with Crippen LogP contribution in [0.25, 0.3) is 10.8 Å². The van der Waals surface area contributed by atoms with Crippen LogP contribution in [0.4, 0.5) is 0 Å². The van der Waals surface area contributed by atoms with E-state index in [1.165, 1.54) is 19.3 Å². The van der Waals surface area contributed by atoms with E-state index in [4.69, 9.17) is 0 Å². The van der Waals surface area contributed by atoms with Crippen molar-refractivity contribution in [3.05, 3.63) is 48.0 Å². The normalized spacial score (nSPS) is 21.6. The number of nitrogens with zero attached hydrogens (tertiary/aromatic N) is 2. The number of benzene rings is 2. The van der Waals surface area contributed by atoms with Gasteiger partial charge in [0.2, 0.25) is 5.91 Å². The number of rotatable bonds is 10. The highest BCUT2D eigenvalue weighted by molar-refractivity contribution is 5.98. The number of hydrogen-bond donors (Lipinski definition) is 2. The van der Waals surface area contributed by atoms with E-state index in [0.717, 1.165) is 69.2 Å². The molecular weight excluding hydrogens is 448 g/mol. The lowest BCUT2D eigenvalue weighted by Crippen LogP contribution is -2.50. The molecule has 2 amide bonds. The summed E-state index contributed by atoms with van der Waals surface area (Å²) in [7, 11) is 0. The third-order valence-corrected chi connectivity index (χ3v) is 8.13. The Balaban J connectivity index is 1.39. The Hall–Kier alpha value is -2.44. The summed E-state index contributed by atoms with van der Waals surface area (Å²) in [5.41, 5.74) is 0.676. The summed E-state index contributed by atoms with van der Waals surface area (Å²) in [5.74, 6) is 0.722. The SMILES string of the molecule is CCC(CC)CN1CCC(CNC(=O)c2ccc3ccccc3c2)NC(CCN2CCCCC2)C1=O. The lowest BCUT2D eigenvalue weighted by molar-refractivity contribution is -0.133. The molecule has 2 N–H and O–H groups in total. The maximum Gasteiger partial charge on any atom is 0.251 e. The molecule has 2 atom stereocenters. The van der Waals surface area contributed by atoms with Gasteiger partial charge >= 0.3 is 0 Å². The highest BCUT2D eigenvalue weighted by Gasteiger charge is 2.32. The topological polar surface area (TPSA) is 64.7 Å². The van der Waals surface area contributed by atoms with Crippen LogP contribution in [0.3, 0.4) is 0 Å². The number of fused-ring (bicyclic) bond motifs is 1. The Morgan fingerprint density at radius 2 is 1.78 bits per heavy atom. The molecule has 2 unspecified atom stereocenters. The second-order valence-electron chi connectivity index (χ2n) is 10.6. The summed E-state index contributed by atoms with van der Waals surface area (Å²) in [4.78, 5) is 31.1. The first kappa shape index (κ1) is 26.6. The minimum absolute atomic E-state index is 0.0584. The van der Waals surface area contributed by atoms with E-state index in [-0.39, 0.29) is 23.9 Å². The molecular formula is C30H44N4O2. The molecule has 2 fully saturated rings. The molecule has 196 valence electrons.